The maximum Gasteiger partial charge on any atom is 0.291 e. The number of halogens is 4. The standard InChI is InChI=1S/C31H35ClF3N7O4/c1-40-11-9-19(10-12-40)38-39-29(43)18-7-13-42(14-8-18)31(45)21-4-3-20(15-23(21)32)37-30(44)28-36-16-24(41(28)2)22-5-6-25(46-17-33)27(35)26(22)34/h3-6,15-16,18-19,38H,7-14,17H2,1-2H3,(H,37,44)(H,39,43). The number of carbonyl (C=O) groups is 3. The smallest absolute Gasteiger partial charge is 0.291 e. The first-order chi connectivity index (χ1) is 22.1. The number of hydrogen-bond acceptors (Lipinski definition) is 7. The van der Waals surface area contributed by atoms with Gasteiger partial charge in [-0.1, -0.05) is 11.6 Å². The summed E-state index contributed by atoms with van der Waals surface area (Å²) in [6.07, 6.45) is 4.19. The number of rotatable bonds is 9. The van der Waals surface area contributed by atoms with Crippen molar-refractivity contribution in [2.45, 2.75) is 31.7 Å². The van der Waals surface area contributed by atoms with Gasteiger partial charge in [0, 0.05) is 43.3 Å². The minimum Gasteiger partial charge on any atom is -0.460 e. The molecule has 0 bridgehead atoms. The fourth-order valence-corrected chi connectivity index (χ4v) is 5.93. The molecule has 0 saturated carbocycles. The number of nitrogens with one attached hydrogen (secondary N) is 3. The summed E-state index contributed by atoms with van der Waals surface area (Å²) in [7, 11) is 3.53. The van der Waals surface area contributed by atoms with Crippen LogP contribution in [0.4, 0.5) is 18.9 Å². The Labute approximate surface area is 269 Å². The van der Waals surface area contributed by atoms with Crippen LogP contribution in [0.3, 0.4) is 0 Å². The van der Waals surface area contributed by atoms with Crippen LogP contribution in [-0.4, -0.2) is 83.2 Å². The molecule has 11 nitrogen and oxygen atoms in total. The molecular formula is C31H35ClF3N7O4. The molecule has 2 saturated heterocycles. The van der Waals surface area contributed by atoms with Crippen LogP contribution in [0.5, 0.6) is 5.75 Å². The van der Waals surface area contributed by atoms with Crippen LogP contribution in [0.25, 0.3) is 11.3 Å². The Morgan fingerprint density at radius 1 is 1.00 bits per heavy atom. The summed E-state index contributed by atoms with van der Waals surface area (Å²) in [6, 6.07) is 7.00. The second kappa shape index (κ2) is 14.5. The quantitative estimate of drug-likeness (QED) is 0.295. The van der Waals surface area contributed by atoms with Crippen molar-refractivity contribution in [3.05, 3.63) is 64.6 Å². The third kappa shape index (κ3) is 7.29. The van der Waals surface area contributed by atoms with Gasteiger partial charge in [-0.15, -0.1) is 0 Å². The number of likely N-dealkylation sites (tertiary alicyclic amines) is 2. The number of benzene rings is 2. The summed E-state index contributed by atoms with van der Waals surface area (Å²) in [4.78, 5) is 46.9. The molecule has 0 spiro atoms. The van der Waals surface area contributed by atoms with Gasteiger partial charge in [0.25, 0.3) is 11.8 Å². The molecule has 0 radical (unpaired) electrons. The summed E-state index contributed by atoms with van der Waals surface area (Å²) in [6.45, 7) is 1.45. The van der Waals surface area contributed by atoms with Crippen molar-refractivity contribution in [3.63, 3.8) is 0 Å². The number of imidazole rings is 1. The van der Waals surface area contributed by atoms with Gasteiger partial charge in [0.05, 0.1) is 22.5 Å². The predicted octanol–water partition coefficient (Wildman–Crippen LogP) is 4.14. The third-order valence-corrected chi connectivity index (χ3v) is 8.77. The Bertz CT molecular complexity index is 1600. The van der Waals surface area contributed by atoms with Gasteiger partial charge in [0.2, 0.25) is 18.6 Å². The van der Waals surface area contributed by atoms with E-state index in [1.807, 2.05) is 0 Å². The molecule has 2 aliphatic heterocycles. The fraction of sp³-hybridized carbons (Fsp3) is 0.419. The average Bonchev–Trinajstić information content (AvgIpc) is 3.43. The first-order valence-electron chi connectivity index (χ1n) is 14.9. The number of alkyl halides is 1. The van der Waals surface area contributed by atoms with Crippen LogP contribution in [0.1, 0.15) is 46.7 Å². The monoisotopic (exact) mass is 661 g/mol. The molecule has 3 heterocycles. The maximum absolute atomic E-state index is 14.7. The SMILES string of the molecule is CN1CCC(NNC(=O)C2CCN(C(=O)c3ccc(NC(=O)c4ncc(-c5ccc(OCF)c(F)c5F)n4C)cc3Cl)CC2)CC1. The van der Waals surface area contributed by atoms with Crippen LogP contribution in [0, 0.1) is 17.6 Å². The van der Waals surface area contributed by atoms with E-state index in [1.54, 1.807) is 4.90 Å². The van der Waals surface area contributed by atoms with Crippen molar-refractivity contribution in [2.24, 2.45) is 13.0 Å². The van der Waals surface area contributed by atoms with Gasteiger partial charge < -0.3 is 24.4 Å². The van der Waals surface area contributed by atoms with Crippen molar-refractivity contribution in [1.29, 1.82) is 0 Å². The predicted molar refractivity (Wildman–Crippen MR) is 165 cm³/mol. The fourth-order valence-electron chi connectivity index (χ4n) is 5.67. The molecule has 2 fully saturated rings. The highest BCUT2D eigenvalue weighted by Gasteiger charge is 2.29. The molecule has 3 aromatic rings. The molecule has 0 aliphatic carbocycles. The van der Waals surface area contributed by atoms with Crippen molar-refractivity contribution >= 4 is 35.0 Å². The summed E-state index contributed by atoms with van der Waals surface area (Å²) < 4.78 is 47.1. The van der Waals surface area contributed by atoms with Crippen LogP contribution in [-0.2, 0) is 11.8 Å². The lowest BCUT2D eigenvalue weighted by molar-refractivity contribution is -0.127. The van der Waals surface area contributed by atoms with Crippen molar-refractivity contribution in [3.8, 4) is 17.0 Å². The first kappa shape index (κ1) is 33.2. The number of nitrogens with zero attached hydrogens (tertiary/aromatic N) is 4. The van der Waals surface area contributed by atoms with E-state index >= 15 is 0 Å². The second-order valence-electron chi connectivity index (χ2n) is 11.4. The van der Waals surface area contributed by atoms with Crippen LogP contribution >= 0.6 is 11.6 Å². The highest BCUT2D eigenvalue weighted by Crippen LogP contribution is 2.31. The minimum absolute atomic E-state index is 0.0672. The Kier molecular flexibility index (Phi) is 10.5. The van der Waals surface area contributed by atoms with Gasteiger partial charge in [0.15, 0.2) is 17.4 Å². The number of hydrazine groups is 1. The van der Waals surface area contributed by atoms with E-state index in [2.05, 4.69) is 37.8 Å². The molecule has 3 amide bonds. The highest BCUT2D eigenvalue weighted by atomic mass is 35.5. The van der Waals surface area contributed by atoms with Gasteiger partial charge in [-0.25, -0.2) is 19.2 Å². The number of carbonyl (C=O) groups excluding carboxylic acids is 3. The first-order valence-corrected chi connectivity index (χ1v) is 15.3. The van der Waals surface area contributed by atoms with E-state index in [1.165, 1.54) is 42.1 Å². The average molecular weight is 662 g/mol. The zero-order chi connectivity index (χ0) is 33.0. The van der Waals surface area contributed by atoms with Crippen molar-refractivity contribution in [2.75, 3.05) is 45.4 Å². The number of anilines is 1. The third-order valence-electron chi connectivity index (χ3n) is 8.45. The number of hydrogen-bond donors (Lipinski definition) is 3. The van der Waals surface area contributed by atoms with Crippen molar-refractivity contribution in [1.82, 2.24) is 30.2 Å². The van der Waals surface area contributed by atoms with E-state index in [4.69, 9.17) is 11.6 Å². The largest absolute Gasteiger partial charge is 0.460 e. The Hall–Kier alpha value is -4.14. The van der Waals surface area contributed by atoms with Crippen LogP contribution < -0.4 is 20.9 Å². The molecule has 2 aromatic carbocycles. The number of piperidine rings is 2. The number of amides is 3. The zero-order valence-corrected chi connectivity index (χ0v) is 26.2. The van der Waals surface area contributed by atoms with Crippen molar-refractivity contribution < 1.29 is 32.3 Å². The summed E-state index contributed by atoms with van der Waals surface area (Å²) in [5.41, 5.74) is 6.45. The van der Waals surface area contributed by atoms with E-state index in [0.29, 0.717) is 25.9 Å². The molecular weight excluding hydrogens is 627 g/mol. The molecule has 5 rings (SSSR count). The van der Waals surface area contributed by atoms with Gasteiger partial charge in [-0.2, -0.15) is 4.39 Å². The zero-order valence-electron chi connectivity index (χ0n) is 25.4. The topological polar surface area (TPSA) is 121 Å². The molecule has 46 heavy (non-hydrogen) atoms. The lowest BCUT2D eigenvalue weighted by Gasteiger charge is -2.33. The van der Waals surface area contributed by atoms with Gasteiger partial charge in [-0.05, 0) is 76.2 Å². The number of ether oxygens (including phenoxy) is 1. The Morgan fingerprint density at radius 3 is 2.39 bits per heavy atom. The molecule has 246 valence electrons. The Morgan fingerprint density at radius 2 is 1.72 bits per heavy atom. The molecule has 0 atom stereocenters. The summed E-state index contributed by atoms with van der Waals surface area (Å²) in [5, 5.41) is 2.77. The summed E-state index contributed by atoms with van der Waals surface area (Å²) >= 11 is 6.45. The molecule has 2 aliphatic rings. The Balaban J connectivity index is 1.16. The van der Waals surface area contributed by atoms with Crippen LogP contribution in [0.2, 0.25) is 5.02 Å². The lowest BCUT2D eigenvalue weighted by atomic mass is 9.95. The highest BCUT2D eigenvalue weighted by molar-refractivity contribution is 6.34. The van der Waals surface area contributed by atoms with E-state index < -0.39 is 30.2 Å². The lowest BCUT2D eigenvalue weighted by Crippen LogP contribution is -2.51. The number of aromatic nitrogens is 2. The molecule has 3 N–H and O–H groups in total. The van der Waals surface area contributed by atoms with Crippen LogP contribution in [0.15, 0.2) is 36.5 Å². The minimum atomic E-state index is -1.36. The maximum atomic E-state index is 14.7. The van der Waals surface area contributed by atoms with E-state index in [9.17, 15) is 27.6 Å². The molecule has 0 unspecified atom stereocenters. The molecule has 15 heteroatoms. The second-order valence-corrected chi connectivity index (χ2v) is 11.9. The van der Waals surface area contributed by atoms with Gasteiger partial charge in [0.1, 0.15) is 0 Å². The van der Waals surface area contributed by atoms with E-state index in [-0.39, 0.29) is 57.1 Å². The van der Waals surface area contributed by atoms with E-state index in [0.717, 1.165) is 32.0 Å². The van der Waals surface area contributed by atoms with Gasteiger partial charge in [-0.3, -0.25) is 19.8 Å². The normalized spacial score (nSPS) is 16.3. The molecule has 1 aromatic heterocycles. The van der Waals surface area contributed by atoms with Gasteiger partial charge >= 0.3 is 0 Å². The summed E-state index contributed by atoms with van der Waals surface area (Å²) in [5.74, 6) is -4.54.